The van der Waals surface area contributed by atoms with E-state index in [4.69, 9.17) is 0 Å². The van der Waals surface area contributed by atoms with Crippen molar-refractivity contribution >= 4 is 17.6 Å². The third-order valence-electron chi connectivity index (χ3n) is 4.12. The van der Waals surface area contributed by atoms with Crippen molar-refractivity contribution in [3.05, 3.63) is 74.9 Å². The summed E-state index contributed by atoms with van der Waals surface area (Å²) >= 11 is 1.61. The van der Waals surface area contributed by atoms with Gasteiger partial charge in [0.05, 0.1) is 11.9 Å². The average Bonchev–Trinajstić information content (AvgIpc) is 3.00. The minimum Gasteiger partial charge on any atom is -0.261 e. The Morgan fingerprint density at radius 3 is 2.38 bits per heavy atom. The Balaban J connectivity index is 2.13. The first kappa shape index (κ1) is 16.4. The second-order valence-corrected chi connectivity index (χ2v) is 6.68. The molecule has 24 heavy (non-hydrogen) atoms. The molecule has 3 nitrogen and oxygen atoms in total. The molecule has 0 saturated carbocycles. The summed E-state index contributed by atoms with van der Waals surface area (Å²) in [6.45, 7) is 6.44. The van der Waals surface area contributed by atoms with Gasteiger partial charge in [-0.1, -0.05) is 36.4 Å². The van der Waals surface area contributed by atoms with Gasteiger partial charge in [-0.15, -0.1) is 11.3 Å². The zero-order chi connectivity index (χ0) is 17.1. The molecular formula is C20H21N3S. The van der Waals surface area contributed by atoms with Gasteiger partial charge in [0.1, 0.15) is 0 Å². The van der Waals surface area contributed by atoms with Crippen molar-refractivity contribution in [1.82, 2.24) is 4.68 Å². The molecule has 0 bridgehead atoms. The van der Waals surface area contributed by atoms with Crippen molar-refractivity contribution < 1.29 is 0 Å². The van der Waals surface area contributed by atoms with E-state index in [2.05, 4.69) is 48.4 Å². The quantitative estimate of drug-likeness (QED) is 0.628. The number of hydrogen-bond donors (Lipinski definition) is 0. The van der Waals surface area contributed by atoms with Crippen LogP contribution < -0.4 is 4.80 Å². The van der Waals surface area contributed by atoms with Crippen molar-refractivity contribution in [2.45, 2.75) is 20.8 Å². The number of thiazole rings is 1. The molecule has 0 saturated heterocycles. The van der Waals surface area contributed by atoms with E-state index in [9.17, 15) is 0 Å². The van der Waals surface area contributed by atoms with Gasteiger partial charge in [-0.05, 0) is 49.1 Å². The minimum absolute atomic E-state index is 0.884. The van der Waals surface area contributed by atoms with Gasteiger partial charge in [-0.25, -0.2) is 4.68 Å². The molecule has 3 aromatic rings. The number of aromatic nitrogens is 1. The van der Waals surface area contributed by atoms with Crippen LogP contribution in [-0.2, 0) is 0 Å². The van der Waals surface area contributed by atoms with Crippen LogP contribution in [0.1, 0.15) is 22.3 Å². The molecule has 4 heteroatoms. The van der Waals surface area contributed by atoms with Gasteiger partial charge >= 0.3 is 0 Å². The Labute approximate surface area is 146 Å². The van der Waals surface area contributed by atoms with Crippen molar-refractivity contribution in [1.29, 1.82) is 0 Å². The lowest BCUT2D eigenvalue weighted by atomic mass is 9.99. The summed E-state index contributed by atoms with van der Waals surface area (Å²) in [7, 11) is 1.80. The molecule has 1 aromatic heterocycles. The van der Waals surface area contributed by atoms with Crippen molar-refractivity contribution in [3.8, 4) is 11.3 Å². The van der Waals surface area contributed by atoms with Crippen LogP contribution in [0.4, 0.5) is 0 Å². The number of nitrogens with zero attached hydrogens (tertiary/aromatic N) is 3. The van der Waals surface area contributed by atoms with E-state index < -0.39 is 0 Å². The first-order valence-corrected chi connectivity index (χ1v) is 8.79. The smallest absolute Gasteiger partial charge is 0.205 e. The van der Waals surface area contributed by atoms with Gasteiger partial charge < -0.3 is 0 Å². The molecule has 0 atom stereocenters. The zero-order valence-corrected chi connectivity index (χ0v) is 15.3. The van der Waals surface area contributed by atoms with E-state index in [0.29, 0.717) is 0 Å². The predicted molar refractivity (Wildman–Crippen MR) is 103 cm³/mol. The van der Waals surface area contributed by atoms with Crippen LogP contribution in [0.15, 0.2) is 57.9 Å². The molecule has 0 unspecified atom stereocenters. The summed E-state index contributed by atoms with van der Waals surface area (Å²) < 4.78 is 1.93. The Morgan fingerprint density at radius 2 is 1.67 bits per heavy atom. The topological polar surface area (TPSA) is 29.6 Å². The van der Waals surface area contributed by atoms with Crippen molar-refractivity contribution in [2.24, 2.45) is 10.1 Å². The van der Waals surface area contributed by atoms with Crippen LogP contribution >= 0.6 is 11.3 Å². The molecule has 0 aliphatic heterocycles. The maximum absolute atomic E-state index is 4.69. The van der Waals surface area contributed by atoms with E-state index >= 15 is 0 Å². The summed E-state index contributed by atoms with van der Waals surface area (Å²) in [6, 6.07) is 14.6. The van der Waals surface area contributed by atoms with Crippen LogP contribution in [0.3, 0.4) is 0 Å². The largest absolute Gasteiger partial charge is 0.261 e. The molecule has 0 amide bonds. The monoisotopic (exact) mass is 335 g/mol. The summed E-state index contributed by atoms with van der Waals surface area (Å²) in [5.74, 6) is 0. The van der Waals surface area contributed by atoms with E-state index in [1.54, 1.807) is 18.4 Å². The maximum Gasteiger partial charge on any atom is 0.205 e. The van der Waals surface area contributed by atoms with Gasteiger partial charge in [0.2, 0.25) is 4.80 Å². The van der Waals surface area contributed by atoms with Gasteiger partial charge in [0.25, 0.3) is 0 Å². The van der Waals surface area contributed by atoms with Crippen LogP contribution in [0.2, 0.25) is 0 Å². The number of hydrogen-bond acceptors (Lipinski definition) is 3. The third-order valence-corrected chi connectivity index (χ3v) is 5.02. The van der Waals surface area contributed by atoms with Crippen LogP contribution in [0.5, 0.6) is 0 Å². The number of rotatable bonds is 3. The highest BCUT2D eigenvalue weighted by Crippen LogP contribution is 2.27. The Kier molecular flexibility index (Phi) is 4.76. The van der Waals surface area contributed by atoms with Crippen molar-refractivity contribution in [3.63, 3.8) is 0 Å². The number of benzene rings is 2. The van der Waals surface area contributed by atoms with E-state index in [0.717, 1.165) is 16.1 Å². The molecule has 0 aliphatic rings. The van der Waals surface area contributed by atoms with Gasteiger partial charge in [-0.3, -0.25) is 4.99 Å². The molecule has 0 spiro atoms. The Morgan fingerprint density at radius 1 is 0.958 bits per heavy atom. The van der Waals surface area contributed by atoms with E-state index in [1.165, 1.54) is 22.3 Å². The Hall–Kier alpha value is -2.46. The molecule has 0 fully saturated rings. The molecule has 0 radical (unpaired) electrons. The SMILES string of the molecule is CN=c1scc(-c2cc(C)c(C)cc2C)n1N=Cc1ccccc1. The molecule has 3 rings (SSSR count). The molecule has 0 N–H and O–H groups in total. The van der Waals surface area contributed by atoms with Crippen LogP contribution in [0, 0.1) is 20.8 Å². The molecule has 1 heterocycles. The fourth-order valence-corrected chi connectivity index (χ4v) is 3.44. The average molecular weight is 335 g/mol. The van der Waals surface area contributed by atoms with Gasteiger partial charge in [0, 0.05) is 18.0 Å². The lowest BCUT2D eigenvalue weighted by molar-refractivity contribution is 0.847. The van der Waals surface area contributed by atoms with E-state index in [-0.39, 0.29) is 0 Å². The summed E-state index contributed by atoms with van der Waals surface area (Å²) in [4.78, 5) is 5.25. The molecular weight excluding hydrogens is 314 g/mol. The lowest BCUT2D eigenvalue weighted by Gasteiger charge is -2.10. The van der Waals surface area contributed by atoms with Crippen LogP contribution in [0.25, 0.3) is 11.3 Å². The summed E-state index contributed by atoms with van der Waals surface area (Å²) in [6.07, 6.45) is 1.88. The van der Waals surface area contributed by atoms with Gasteiger partial charge in [0.15, 0.2) is 0 Å². The molecule has 0 aliphatic carbocycles. The first-order valence-electron chi connectivity index (χ1n) is 7.91. The second kappa shape index (κ2) is 6.97. The predicted octanol–water partition coefficient (Wildman–Crippen LogP) is 4.55. The summed E-state index contributed by atoms with van der Waals surface area (Å²) in [5, 5.41) is 6.81. The number of aryl methyl sites for hydroxylation is 3. The standard InChI is InChI=1S/C20H21N3S/c1-14-10-16(3)18(11-15(14)2)19-13-24-20(21-4)23(19)22-12-17-8-6-5-7-9-17/h5-13H,1-4H3. The fraction of sp³-hybridized carbons (Fsp3) is 0.200. The van der Waals surface area contributed by atoms with E-state index in [1.807, 2.05) is 41.2 Å². The highest BCUT2D eigenvalue weighted by molar-refractivity contribution is 7.07. The van der Waals surface area contributed by atoms with Crippen molar-refractivity contribution in [2.75, 3.05) is 7.05 Å². The summed E-state index contributed by atoms with van der Waals surface area (Å²) in [5.41, 5.74) is 7.20. The molecule has 2 aromatic carbocycles. The zero-order valence-electron chi connectivity index (χ0n) is 14.4. The lowest BCUT2D eigenvalue weighted by Crippen LogP contribution is -2.12. The third kappa shape index (κ3) is 3.24. The maximum atomic E-state index is 4.69. The van der Waals surface area contributed by atoms with Gasteiger partial charge in [-0.2, -0.15) is 5.10 Å². The normalized spacial score (nSPS) is 12.2. The van der Waals surface area contributed by atoms with Crippen LogP contribution in [-0.4, -0.2) is 17.9 Å². The minimum atomic E-state index is 0.884. The highest BCUT2D eigenvalue weighted by atomic mass is 32.1. The fourth-order valence-electron chi connectivity index (χ4n) is 2.65. The highest BCUT2D eigenvalue weighted by Gasteiger charge is 2.11. The Bertz CT molecular complexity index is 947. The second-order valence-electron chi connectivity index (χ2n) is 5.85. The first-order chi connectivity index (χ1) is 11.6. The molecule has 122 valence electrons.